The van der Waals surface area contributed by atoms with Crippen molar-refractivity contribution in [3.8, 4) is 0 Å². The predicted molar refractivity (Wildman–Crippen MR) is 55.9 cm³/mol. The lowest BCUT2D eigenvalue weighted by Crippen LogP contribution is -2.18. The molecular weight excluding hydrogens is 164 g/mol. The van der Waals surface area contributed by atoms with Gasteiger partial charge in [-0.15, -0.1) is 6.58 Å². The Morgan fingerprint density at radius 1 is 1.46 bits per heavy atom. The van der Waals surface area contributed by atoms with Crippen LogP contribution in [-0.4, -0.2) is 26.4 Å². The summed E-state index contributed by atoms with van der Waals surface area (Å²) in [7, 11) is 1.69. The van der Waals surface area contributed by atoms with Crippen molar-refractivity contribution in [1.29, 1.82) is 0 Å². The van der Waals surface area contributed by atoms with Crippen LogP contribution in [0.5, 0.6) is 0 Å². The monoisotopic (exact) mass is 184 g/mol. The Hall–Kier alpha value is -0.600. The highest BCUT2D eigenvalue weighted by molar-refractivity contribution is 4.81. The molecule has 0 heterocycles. The predicted octanol–water partition coefficient (Wildman–Crippen LogP) is 2.56. The Labute approximate surface area is 81.2 Å². The maximum Gasteiger partial charge on any atom is 0.0842 e. The van der Waals surface area contributed by atoms with E-state index in [1.807, 2.05) is 19.1 Å². The summed E-state index contributed by atoms with van der Waals surface area (Å²) in [5.41, 5.74) is 0. The minimum Gasteiger partial charge on any atom is -0.382 e. The summed E-state index contributed by atoms with van der Waals surface area (Å²) >= 11 is 0. The SMILES string of the molecule is C=CCCOC(CC=CC)COC. The van der Waals surface area contributed by atoms with Gasteiger partial charge in [0.05, 0.1) is 19.3 Å². The molecular formula is C11H20O2. The molecule has 0 aliphatic heterocycles. The van der Waals surface area contributed by atoms with Crippen LogP contribution in [0.15, 0.2) is 24.8 Å². The second kappa shape index (κ2) is 9.49. The molecule has 1 atom stereocenters. The molecule has 0 aromatic rings. The molecule has 0 aromatic heterocycles. The molecule has 0 rings (SSSR count). The van der Waals surface area contributed by atoms with Gasteiger partial charge < -0.3 is 9.47 Å². The third-order valence-electron chi connectivity index (χ3n) is 1.66. The summed E-state index contributed by atoms with van der Waals surface area (Å²) in [5, 5.41) is 0. The lowest BCUT2D eigenvalue weighted by molar-refractivity contribution is 0.00220. The van der Waals surface area contributed by atoms with Gasteiger partial charge in [0.2, 0.25) is 0 Å². The molecule has 0 bridgehead atoms. The van der Waals surface area contributed by atoms with E-state index < -0.39 is 0 Å². The zero-order chi connectivity index (χ0) is 9.94. The second-order valence-corrected chi connectivity index (χ2v) is 2.83. The molecule has 0 radical (unpaired) electrons. The first-order valence-corrected chi connectivity index (χ1v) is 4.67. The minimum absolute atomic E-state index is 0.182. The molecule has 0 aromatic carbocycles. The first-order chi connectivity index (χ1) is 6.35. The van der Waals surface area contributed by atoms with Crippen molar-refractivity contribution >= 4 is 0 Å². The maximum atomic E-state index is 5.58. The highest BCUT2D eigenvalue weighted by Gasteiger charge is 2.05. The lowest BCUT2D eigenvalue weighted by atomic mass is 10.2. The summed E-state index contributed by atoms with van der Waals surface area (Å²) in [6.07, 6.45) is 7.98. The van der Waals surface area contributed by atoms with Crippen LogP contribution >= 0.6 is 0 Å². The topological polar surface area (TPSA) is 18.5 Å². The molecule has 1 unspecified atom stereocenters. The van der Waals surface area contributed by atoms with Gasteiger partial charge in [-0.1, -0.05) is 18.2 Å². The first-order valence-electron chi connectivity index (χ1n) is 4.67. The molecule has 76 valence electrons. The van der Waals surface area contributed by atoms with Gasteiger partial charge in [-0.2, -0.15) is 0 Å². The van der Waals surface area contributed by atoms with Crippen LogP contribution in [0.2, 0.25) is 0 Å². The summed E-state index contributed by atoms with van der Waals surface area (Å²) in [4.78, 5) is 0. The van der Waals surface area contributed by atoms with Crippen LogP contribution in [0.25, 0.3) is 0 Å². The Balaban J connectivity index is 3.58. The zero-order valence-corrected chi connectivity index (χ0v) is 8.66. The van der Waals surface area contributed by atoms with E-state index in [0.717, 1.165) is 19.4 Å². The van der Waals surface area contributed by atoms with Gasteiger partial charge in [0, 0.05) is 7.11 Å². The summed E-state index contributed by atoms with van der Waals surface area (Å²) < 4.78 is 10.6. The summed E-state index contributed by atoms with van der Waals surface area (Å²) in [6.45, 7) is 7.03. The van der Waals surface area contributed by atoms with E-state index in [9.17, 15) is 0 Å². The Kier molecular flexibility index (Phi) is 9.05. The standard InChI is InChI=1S/C11H20O2/c1-4-6-8-11(10-12-3)13-9-7-5-2/h4-6,11H,2,7-10H2,1,3H3. The second-order valence-electron chi connectivity index (χ2n) is 2.83. The van der Waals surface area contributed by atoms with E-state index in [-0.39, 0.29) is 6.10 Å². The number of rotatable bonds is 8. The highest BCUT2D eigenvalue weighted by atomic mass is 16.5. The van der Waals surface area contributed by atoms with Crippen molar-refractivity contribution in [2.75, 3.05) is 20.3 Å². The molecule has 2 heteroatoms. The summed E-state index contributed by atoms with van der Waals surface area (Å²) in [6, 6.07) is 0. The first kappa shape index (κ1) is 12.4. The molecule has 0 fully saturated rings. The Morgan fingerprint density at radius 3 is 2.77 bits per heavy atom. The van der Waals surface area contributed by atoms with Crippen molar-refractivity contribution in [2.45, 2.75) is 25.9 Å². The number of hydrogen-bond acceptors (Lipinski definition) is 2. The van der Waals surface area contributed by atoms with Gasteiger partial charge in [0.1, 0.15) is 0 Å². The Morgan fingerprint density at radius 2 is 2.23 bits per heavy atom. The van der Waals surface area contributed by atoms with Crippen molar-refractivity contribution < 1.29 is 9.47 Å². The van der Waals surface area contributed by atoms with E-state index in [2.05, 4.69) is 12.7 Å². The lowest BCUT2D eigenvalue weighted by Gasteiger charge is -2.14. The van der Waals surface area contributed by atoms with Gasteiger partial charge in [-0.3, -0.25) is 0 Å². The van der Waals surface area contributed by atoms with Crippen LogP contribution < -0.4 is 0 Å². The smallest absolute Gasteiger partial charge is 0.0842 e. The van der Waals surface area contributed by atoms with Gasteiger partial charge in [-0.05, 0) is 19.8 Å². The molecule has 2 nitrogen and oxygen atoms in total. The van der Waals surface area contributed by atoms with Crippen LogP contribution in [0.1, 0.15) is 19.8 Å². The van der Waals surface area contributed by atoms with E-state index in [1.54, 1.807) is 7.11 Å². The van der Waals surface area contributed by atoms with E-state index >= 15 is 0 Å². The van der Waals surface area contributed by atoms with Gasteiger partial charge >= 0.3 is 0 Å². The fourth-order valence-corrected chi connectivity index (χ4v) is 0.976. The normalized spacial score (nSPS) is 13.4. The molecule has 0 saturated heterocycles. The van der Waals surface area contributed by atoms with Crippen molar-refractivity contribution in [3.05, 3.63) is 24.8 Å². The zero-order valence-electron chi connectivity index (χ0n) is 8.66. The van der Waals surface area contributed by atoms with E-state index in [4.69, 9.17) is 9.47 Å². The molecule has 13 heavy (non-hydrogen) atoms. The quantitative estimate of drug-likeness (QED) is 0.426. The van der Waals surface area contributed by atoms with Crippen molar-refractivity contribution in [1.82, 2.24) is 0 Å². The Bertz CT molecular complexity index is 141. The van der Waals surface area contributed by atoms with Crippen LogP contribution in [0.4, 0.5) is 0 Å². The van der Waals surface area contributed by atoms with Gasteiger partial charge in [0.25, 0.3) is 0 Å². The molecule has 0 aliphatic rings. The molecule has 0 N–H and O–H groups in total. The maximum absolute atomic E-state index is 5.58. The molecule has 0 aliphatic carbocycles. The van der Waals surface area contributed by atoms with Gasteiger partial charge in [-0.25, -0.2) is 0 Å². The summed E-state index contributed by atoms with van der Waals surface area (Å²) in [5.74, 6) is 0. The van der Waals surface area contributed by atoms with E-state index in [1.165, 1.54) is 0 Å². The van der Waals surface area contributed by atoms with Gasteiger partial charge in [0.15, 0.2) is 0 Å². The van der Waals surface area contributed by atoms with E-state index in [0.29, 0.717) is 6.61 Å². The third-order valence-corrected chi connectivity index (χ3v) is 1.66. The molecule has 0 spiro atoms. The average Bonchev–Trinajstić information content (AvgIpc) is 2.14. The van der Waals surface area contributed by atoms with Crippen LogP contribution in [-0.2, 0) is 9.47 Å². The fourth-order valence-electron chi connectivity index (χ4n) is 0.976. The largest absolute Gasteiger partial charge is 0.382 e. The fraction of sp³-hybridized carbons (Fsp3) is 0.636. The molecule has 0 saturated carbocycles. The molecule has 0 amide bonds. The number of ether oxygens (including phenoxy) is 2. The number of hydrogen-bond donors (Lipinski definition) is 0. The highest BCUT2D eigenvalue weighted by Crippen LogP contribution is 2.01. The third kappa shape index (κ3) is 7.75. The van der Waals surface area contributed by atoms with Crippen molar-refractivity contribution in [3.63, 3.8) is 0 Å². The number of allylic oxidation sites excluding steroid dienone is 1. The average molecular weight is 184 g/mol. The minimum atomic E-state index is 0.182. The van der Waals surface area contributed by atoms with Crippen LogP contribution in [0.3, 0.4) is 0 Å². The van der Waals surface area contributed by atoms with Crippen molar-refractivity contribution in [2.24, 2.45) is 0 Å². The number of methoxy groups -OCH3 is 1. The van der Waals surface area contributed by atoms with Crippen LogP contribution in [0, 0.1) is 0 Å².